The Hall–Kier alpha value is -4.28. The van der Waals surface area contributed by atoms with Crippen LogP contribution in [0.15, 0.2) is 87.5 Å². The van der Waals surface area contributed by atoms with Crippen LogP contribution in [0, 0.1) is 17.1 Å². The molecule has 3 aromatic carbocycles. The van der Waals surface area contributed by atoms with Gasteiger partial charge in [-0.25, -0.2) is 14.2 Å². The summed E-state index contributed by atoms with van der Waals surface area (Å²) in [5.74, 6) is -0.341. The molecule has 0 aliphatic heterocycles. The van der Waals surface area contributed by atoms with E-state index in [1.54, 1.807) is 29.6 Å². The Morgan fingerprint density at radius 2 is 1.91 bits per heavy atom. The molecule has 0 amide bonds. The number of hydrogen-bond acceptors (Lipinski definition) is 6. The number of nitrogens with zero attached hydrogens (tertiary/aromatic N) is 2. The summed E-state index contributed by atoms with van der Waals surface area (Å²) in [4.78, 5) is 17.1. The van der Waals surface area contributed by atoms with Gasteiger partial charge in [-0.3, -0.25) is 0 Å². The Labute approximate surface area is 185 Å². The van der Waals surface area contributed by atoms with E-state index >= 15 is 0 Å². The van der Waals surface area contributed by atoms with Crippen molar-refractivity contribution in [3.63, 3.8) is 0 Å². The summed E-state index contributed by atoms with van der Waals surface area (Å²) >= 11 is 1.25. The van der Waals surface area contributed by atoms with Crippen LogP contribution in [0.25, 0.3) is 38.6 Å². The van der Waals surface area contributed by atoms with Crippen LogP contribution in [-0.4, -0.2) is 4.98 Å². The van der Waals surface area contributed by atoms with Gasteiger partial charge in [-0.05, 0) is 47.2 Å². The lowest BCUT2D eigenvalue weighted by molar-refractivity contribution is 0.563. The van der Waals surface area contributed by atoms with Crippen molar-refractivity contribution in [2.45, 2.75) is 0 Å². The third-order valence-corrected chi connectivity index (χ3v) is 5.88. The van der Waals surface area contributed by atoms with E-state index in [0.717, 1.165) is 16.2 Å². The van der Waals surface area contributed by atoms with Crippen LogP contribution in [0.4, 0.5) is 10.1 Å². The van der Waals surface area contributed by atoms with Gasteiger partial charge in [0.25, 0.3) is 0 Å². The van der Waals surface area contributed by atoms with E-state index < -0.39 is 5.63 Å². The molecular formula is C25H14FN3O2S. The van der Waals surface area contributed by atoms with E-state index in [0.29, 0.717) is 33.1 Å². The predicted molar refractivity (Wildman–Crippen MR) is 125 cm³/mol. The highest BCUT2D eigenvalue weighted by Gasteiger charge is 2.15. The molecule has 2 aromatic heterocycles. The second-order valence-electron chi connectivity index (χ2n) is 7.00. The second-order valence-corrected chi connectivity index (χ2v) is 7.86. The number of benzene rings is 3. The molecule has 7 heteroatoms. The van der Waals surface area contributed by atoms with Gasteiger partial charge in [0.2, 0.25) is 0 Å². The number of fused-ring (bicyclic) bond motifs is 3. The summed E-state index contributed by atoms with van der Waals surface area (Å²) in [6, 6.07) is 21.2. The Balaban J connectivity index is 1.53. The van der Waals surface area contributed by atoms with E-state index in [2.05, 4.69) is 16.4 Å². The van der Waals surface area contributed by atoms with Crippen molar-refractivity contribution < 1.29 is 8.81 Å². The molecule has 5 aromatic rings. The first kappa shape index (κ1) is 19.7. The monoisotopic (exact) mass is 439 g/mol. The van der Waals surface area contributed by atoms with Crippen molar-refractivity contribution in [1.82, 2.24) is 4.98 Å². The number of rotatable bonds is 4. The summed E-state index contributed by atoms with van der Waals surface area (Å²) in [5, 5.41) is 17.5. The number of hydrogen-bond donors (Lipinski definition) is 1. The third kappa shape index (κ3) is 3.64. The molecule has 32 heavy (non-hydrogen) atoms. The van der Waals surface area contributed by atoms with Gasteiger partial charge >= 0.3 is 5.63 Å². The molecular weight excluding hydrogens is 425 g/mol. The number of aromatic nitrogens is 1. The van der Waals surface area contributed by atoms with Crippen LogP contribution in [0.2, 0.25) is 0 Å². The molecule has 0 saturated carbocycles. The van der Waals surface area contributed by atoms with Crippen LogP contribution in [0.1, 0.15) is 5.01 Å². The number of halogens is 1. The fourth-order valence-corrected chi connectivity index (χ4v) is 4.20. The zero-order chi connectivity index (χ0) is 22.1. The molecule has 2 heterocycles. The molecule has 0 spiro atoms. The zero-order valence-electron chi connectivity index (χ0n) is 16.5. The predicted octanol–water partition coefficient (Wildman–Crippen LogP) is 6.19. The minimum Gasteiger partial charge on any atom is -0.422 e. The number of thiazole rings is 1. The molecule has 0 radical (unpaired) electrons. The number of nitrogens with one attached hydrogen (secondary N) is 1. The van der Waals surface area contributed by atoms with E-state index in [4.69, 9.17) is 4.42 Å². The summed E-state index contributed by atoms with van der Waals surface area (Å²) in [6.07, 6.45) is 1.51. The van der Waals surface area contributed by atoms with E-state index in [1.807, 2.05) is 30.3 Å². The first-order chi connectivity index (χ1) is 15.6. The highest BCUT2D eigenvalue weighted by atomic mass is 32.1. The quantitative estimate of drug-likeness (QED) is 0.205. The Morgan fingerprint density at radius 3 is 2.72 bits per heavy atom. The maximum atomic E-state index is 13.1. The van der Waals surface area contributed by atoms with E-state index in [1.165, 1.54) is 29.7 Å². The second kappa shape index (κ2) is 8.10. The van der Waals surface area contributed by atoms with E-state index in [-0.39, 0.29) is 5.82 Å². The minimum absolute atomic E-state index is 0.293. The first-order valence-electron chi connectivity index (χ1n) is 9.66. The van der Waals surface area contributed by atoms with Crippen molar-refractivity contribution in [1.29, 1.82) is 5.26 Å². The lowest BCUT2D eigenvalue weighted by Gasteiger charge is -2.04. The van der Waals surface area contributed by atoms with Gasteiger partial charge in [0.05, 0.1) is 11.3 Å². The lowest BCUT2D eigenvalue weighted by Crippen LogP contribution is -2.03. The van der Waals surface area contributed by atoms with Crippen LogP contribution < -0.4 is 10.9 Å². The van der Waals surface area contributed by atoms with E-state index in [9.17, 15) is 14.4 Å². The maximum Gasteiger partial charge on any atom is 0.345 e. The standard InChI is InChI=1S/C25H14FN3O2S/c26-17-6-8-18(9-7-17)28-13-16(12-27)24-29-22(14-32-24)21-11-20-19-4-2-1-3-15(19)5-10-23(20)31-25(21)30/h1-11,13-14,28H/b16-13+. The Morgan fingerprint density at radius 1 is 1.09 bits per heavy atom. The Kier molecular flexibility index (Phi) is 4.98. The molecule has 5 nitrogen and oxygen atoms in total. The van der Waals surface area contributed by atoms with Gasteiger partial charge < -0.3 is 9.73 Å². The fraction of sp³-hybridized carbons (Fsp3) is 0. The molecule has 154 valence electrons. The Bertz CT molecular complexity index is 1590. The van der Waals surface area contributed by atoms with Crippen molar-refractivity contribution in [2.24, 2.45) is 0 Å². The van der Waals surface area contributed by atoms with Gasteiger partial charge in [0, 0.05) is 22.7 Å². The van der Waals surface area contributed by atoms with Crippen LogP contribution in [0.5, 0.6) is 0 Å². The van der Waals surface area contributed by atoms with Gasteiger partial charge in [0.1, 0.15) is 28.1 Å². The van der Waals surface area contributed by atoms with Crippen LogP contribution in [0.3, 0.4) is 0 Å². The molecule has 0 aliphatic rings. The smallest absolute Gasteiger partial charge is 0.345 e. The molecule has 5 rings (SSSR count). The average molecular weight is 439 g/mol. The van der Waals surface area contributed by atoms with Crippen LogP contribution >= 0.6 is 11.3 Å². The SMILES string of the molecule is N#C/C(=C\Nc1ccc(F)cc1)c1nc(-c2cc3c(ccc4ccccc43)oc2=O)cs1. The fourth-order valence-electron chi connectivity index (χ4n) is 3.41. The van der Waals surface area contributed by atoms with Crippen molar-refractivity contribution in [3.8, 4) is 17.3 Å². The average Bonchev–Trinajstić information content (AvgIpc) is 3.30. The molecule has 0 unspecified atom stereocenters. The third-order valence-electron chi connectivity index (χ3n) is 5.00. The molecule has 1 N–H and O–H groups in total. The molecule has 0 aliphatic carbocycles. The number of allylic oxidation sites excluding steroid dienone is 1. The zero-order valence-corrected chi connectivity index (χ0v) is 17.3. The van der Waals surface area contributed by atoms with Gasteiger partial charge in [0.15, 0.2) is 0 Å². The normalized spacial score (nSPS) is 11.6. The summed E-state index contributed by atoms with van der Waals surface area (Å²) in [5.41, 5.74) is 1.72. The number of nitriles is 1. The van der Waals surface area contributed by atoms with Crippen molar-refractivity contribution in [2.75, 3.05) is 5.32 Å². The molecule has 0 atom stereocenters. The van der Waals surface area contributed by atoms with Gasteiger partial charge in [-0.15, -0.1) is 11.3 Å². The molecule has 0 saturated heterocycles. The largest absolute Gasteiger partial charge is 0.422 e. The summed E-state index contributed by atoms with van der Waals surface area (Å²) in [6.45, 7) is 0. The molecule has 0 fully saturated rings. The van der Waals surface area contributed by atoms with Crippen molar-refractivity contribution in [3.05, 3.63) is 99.6 Å². The van der Waals surface area contributed by atoms with Crippen LogP contribution in [-0.2, 0) is 0 Å². The minimum atomic E-state index is -0.489. The first-order valence-corrected chi connectivity index (χ1v) is 10.5. The summed E-state index contributed by atoms with van der Waals surface area (Å²) in [7, 11) is 0. The maximum absolute atomic E-state index is 13.1. The molecule has 0 bridgehead atoms. The number of anilines is 1. The van der Waals surface area contributed by atoms with Gasteiger partial charge in [-0.2, -0.15) is 5.26 Å². The topological polar surface area (TPSA) is 78.9 Å². The van der Waals surface area contributed by atoms with Crippen molar-refractivity contribution >= 4 is 44.3 Å². The summed E-state index contributed by atoms with van der Waals surface area (Å²) < 4.78 is 18.6. The highest BCUT2D eigenvalue weighted by Crippen LogP contribution is 2.29. The highest BCUT2D eigenvalue weighted by molar-refractivity contribution is 7.11. The van der Waals surface area contributed by atoms with Gasteiger partial charge in [-0.1, -0.05) is 30.3 Å². The lowest BCUT2D eigenvalue weighted by atomic mass is 10.0.